The molecule has 108 valence electrons. The van der Waals surface area contributed by atoms with Gasteiger partial charge in [-0.2, -0.15) is 10.2 Å². The summed E-state index contributed by atoms with van der Waals surface area (Å²) in [4.78, 5) is 1.05. The van der Waals surface area contributed by atoms with Crippen molar-refractivity contribution in [2.24, 2.45) is 0 Å². The molecule has 2 aliphatic heterocycles. The zero-order valence-electron chi connectivity index (χ0n) is 11.6. The molecule has 0 fully saturated rings. The van der Waals surface area contributed by atoms with Crippen molar-refractivity contribution in [3.05, 3.63) is 29.1 Å². The number of ether oxygens (including phenoxy) is 2. The Hall–Kier alpha value is -1.89. The normalized spacial score (nSPS) is 19.4. The molecule has 2 aliphatic rings. The van der Waals surface area contributed by atoms with Crippen LogP contribution >= 0.6 is 11.8 Å². The van der Waals surface area contributed by atoms with Crippen LogP contribution in [-0.2, 0) is 12.8 Å². The Balaban J connectivity index is 1.51. The summed E-state index contributed by atoms with van der Waals surface area (Å²) in [6.45, 7) is 3.26. The van der Waals surface area contributed by atoms with Crippen molar-refractivity contribution in [1.29, 1.82) is 0 Å². The van der Waals surface area contributed by atoms with Gasteiger partial charge >= 0.3 is 0 Å². The Kier molecular flexibility index (Phi) is 3.14. The second kappa shape index (κ2) is 5.14. The molecule has 0 spiro atoms. The largest absolute Gasteiger partial charge is 0.476 e. The highest BCUT2D eigenvalue weighted by molar-refractivity contribution is 8.00. The Morgan fingerprint density at radius 1 is 1.14 bits per heavy atom. The van der Waals surface area contributed by atoms with Crippen molar-refractivity contribution in [1.82, 2.24) is 20.4 Å². The maximum absolute atomic E-state index is 5.69. The van der Waals surface area contributed by atoms with Crippen LogP contribution in [0.5, 0.6) is 11.8 Å². The number of hydrogen-bond donors (Lipinski definition) is 0. The third-order valence-electron chi connectivity index (χ3n) is 3.48. The number of aryl methyl sites for hydroxylation is 1. The van der Waals surface area contributed by atoms with E-state index in [9.17, 15) is 0 Å². The molecule has 0 saturated carbocycles. The van der Waals surface area contributed by atoms with E-state index in [1.165, 1.54) is 0 Å². The fraction of sp³-hybridized carbons (Fsp3) is 0.429. The van der Waals surface area contributed by atoms with E-state index >= 15 is 0 Å². The lowest BCUT2D eigenvalue weighted by molar-refractivity contribution is 0.284. The minimum atomic E-state index is 0.316. The van der Waals surface area contributed by atoms with Crippen LogP contribution in [0.25, 0.3) is 0 Å². The summed E-state index contributed by atoms with van der Waals surface area (Å²) in [5.74, 6) is 1.32. The van der Waals surface area contributed by atoms with Gasteiger partial charge in [0.15, 0.2) is 0 Å². The number of nitrogens with zero attached hydrogens (tertiary/aromatic N) is 4. The highest BCUT2D eigenvalue weighted by Crippen LogP contribution is 2.36. The number of fused-ring (bicyclic) bond motifs is 2. The summed E-state index contributed by atoms with van der Waals surface area (Å²) in [5, 5.41) is 16.8. The van der Waals surface area contributed by atoms with Gasteiger partial charge in [-0.05, 0) is 19.1 Å². The second-order valence-electron chi connectivity index (χ2n) is 5.17. The number of rotatable bonds is 2. The first kappa shape index (κ1) is 12.8. The first-order valence-electron chi connectivity index (χ1n) is 6.90. The zero-order chi connectivity index (χ0) is 14.2. The van der Waals surface area contributed by atoms with Crippen molar-refractivity contribution in [3.8, 4) is 11.8 Å². The van der Waals surface area contributed by atoms with Crippen LogP contribution in [0.15, 0.2) is 17.0 Å². The van der Waals surface area contributed by atoms with Crippen LogP contribution in [0.1, 0.15) is 17.0 Å². The van der Waals surface area contributed by atoms with E-state index in [0.29, 0.717) is 30.2 Å². The summed E-state index contributed by atoms with van der Waals surface area (Å²) in [7, 11) is 0. The highest BCUT2D eigenvalue weighted by Gasteiger charge is 2.24. The van der Waals surface area contributed by atoms with Gasteiger partial charge in [0, 0.05) is 23.7 Å². The zero-order valence-corrected chi connectivity index (χ0v) is 12.4. The summed E-state index contributed by atoms with van der Waals surface area (Å²) in [6, 6.07) is 4.11. The molecule has 6 nitrogen and oxygen atoms in total. The molecule has 4 heterocycles. The van der Waals surface area contributed by atoms with Gasteiger partial charge in [0.25, 0.3) is 0 Å². The third kappa shape index (κ3) is 2.53. The lowest BCUT2D eigenvalue weighted by Crippen LogP contribution is -2.23. The summed E-state index contributed by atoms with van der Waals surface area (Å²) < 4.78 is 11.1. The fourth-order valence-corrected chi connectivity index (χ4v) is 3.67. The van der Waals surface area contributed by atoms with Crippen molar-refractivity contribution < 1.29 is 9.47 Å². The summed E-state index contributed by atoms with van der Waals surface area (Å²) >= 11 is 1.77. The molecule has 0 saturated heterocycles. The molecule has 0 radical (unpaired) electrons. The van der Waals surface area contributed by atoms with E-state index in [4.69, 9.17) is 9.47 Å². The third-order valence-corrected chi connectivity index (χ3v) is 4.66. The molecule has 0 amide bonds. The lowest BCUT2D eigenvalue weighted by Gasteiger charge is -2.23. The average molecular weight is 302 g/mol. The van der Waals surface area contributed by atoms with E-state index in [-0.39, 0.29) is 0 Å². The first-order valence-corrected chi connectivity index (χ1v) is 7.78. The smallest absolute Gasteiger partial charge is 0.247 e. The van der Waals surface area contributed by atoms with Crippen LogP contribution in [-0.4, -0.2) is 38.9 Å². The molecule has 4 rings (SSSR count). The SMILES string of the molecule is Cc1cc2c(nn1)OCC(Cc1cc3c(nn1)OCC3)S2. The van der Waals surface area contributed by atoms with Crippen LogP contribution in [0.2, 0.25) is 0 Å². The molecule has 7 heteroatoms. The number of thioether (sulfide) groups is 1. The molecule has 1 atom stereocenters. The van der Waals surface area contributed by atoms with Crippen LogP contribution in [0.3, 0.4) is 0 Å². The van der Waals surface area contributed by atoms with Gasteiger partial charge in [-0.3, -0.25) is 0 Å². The molecule has 0 N–H and O–H groups in total. The molecule has 2 aromatic heterocycles. The lowest BCUT2D eigenvalue weighted by atomic mass is 10.1. The van der Waals surface area contributed by atoms with Crippen molar-refractivity contribution in [2.45, 2.75) is 29.9 Å². The molecule has 0 bridgehead atoms. The van der Waals surface area contributed by atoms with Gasteiger partial charge in [-0.15, -0.1) is 22.0 Å². The average Bonchev–Trinajstić information content (AvgIpc) is 2.94. The minimum absolute atomic E-state index is 0.316. The predicted octanol–water partition coefficient (Wildman–Crippen LogP) is 1.61. The van der Waals surface area contributed by atoms with Gasteiger partial charge in [0.05, 0.1) is 22.9 Å². The summed E-state index contributed by atoms with van der Waals surface area (Å²) in [5.41, 5.74) is 3.05. The molecule has 21 heavy (non-hydrogen) atoms. The van der Waals surface area contributed by atoms with Crippen molar-refractivity contribution >= 4 is 11.8 Å². The minimum Gasteiger partial charge on any atom is -0.476 e. The van der Waals surface area contributed by atoms with E-state index < -0.39 is 0 Å². The fourth-order valence-electron chi connectivity index (χ4n) is 2.48. The molecule has 0 aromatic carbocycles. The van der Waals surface area contributed by atoms with Crippen LogP contribution in [0, 0.1) is 6.92 Å². The molecule has 0 aliphatic carbocycles. The second-order valence-corrected chi connectivity index (χ2v) is 6.52. The van der Waals surface area contributed by atoms with Gasteiger partial charge < -0.3 is 9.47 Å². The standard InChI is InChI=1S/C14H14N4O2S/c1-8-4-12-14(18-15-8)20-7-11(21-12)6-10-5-9-2-3-19-13(9)17-16-10/h4-5,11H,2-3,6-7H2,1H3. The van der Waals surface area contributed by atoms with Gasteiger partial charge in [-0.1, -0.05) is 0 Å². The maximum Gasteiger partial charge on any atom is 0.247 e. The Morgan fingerprint density at radius 2 is 2.05 bits per heavy atom. The van der Waals surface area contributed by atoms with E-state index in [2.05, 4.69) is 26.5 Å². The van der Waals surface area contributed by atoms with Crippen LogP contribution in [0.4, 0.5) is 0 Å². The van der Waals surface area contributed by atoms with Crippen molar-refractivity contribution in [2.75, 3.05) is 13.2 Å². The maximum atomic E-state index is 5.69. The highest BCUT2D eigenvalue weighted by atomic mass is 32.2. The molecular formula is C14H14N4O2S. The number of aromatic nitrogens is 4. The monoisotopic (exact) mass is 302 g/mol. The van der Waals surface area contributed by atoms with Gasteiger partial charge in [-0.25, -0.2) is 0 Å². The Morgan fingerprint density at radius 3 is 3.00 bits per heavy atom. The van der Waals surface area contributed by atoms with E-state index in [1.54, 1.807) is 11.8 Å². The van der Waals surface area contributed by atoms with E-state index in [1.807, 2.05) is 13.0 Å². The number of hydrogen-bond acceptors (Lipinski definition) is 7. The van der Waals surface area contributed by atoms with Crippen molar-refractivity contribution in [3.63, 3.8) is 0 Å². The van der Waals surface area contributed by atoms with Gasteiger partial charge in [0.1, 0.15) is 6.61 Å². The first-order chi connectivity index (χ1) is 10.3. The summed E-state index contributed by atoms with van der Waals surface area (Å²) in [6.07, 6.45) is 1.75. The Bertz CT molecular complexity index is 695. The Labute approximate surface area is 126 Å². The quantitative estimate of drug-likeness (QED) is 0.834. The topological polar surface area (TPSA) is 70.0 Å². The predicted molar refractivity (Wildman–Crippen MR) is 76.8 cm³/mol. The van der Waals surface area contributed by atoms with E-state index in [0.717, 1.165) is 34.7 Å². The molecule has 1 unspecified atom stereocenters. The van der Waals surface area contributed by atoms with Crippen LogP contribution < -0.4 is 9.47 Å². The van der Waals surface area contributed by atoms with Gasteiger partial charge in [0.2, 0.25) is 11.8 Å². The molecule has 2 aromatic rings. The molecular weight excluding hydrogens is 288 g/mol.